The number of carbonyl (C=O) groups is 1. The fraction of sp³-hybridized carbons (Fsp3) is 0.250. The molecule has 2 aromatic heterocycles. The van der Waals surface area contributed by atoms with E-state index in [0.29, 0.717) is 15.4 Å². The van der Waals surface area contributed by atoms with Crippen LogP contribution in [0.15, 0.2) is 40.8 Å². The Labute approximate surface area is 191 Å². The van der Waals surface area contributed by atoms with Crippen LogP contribution >= 0.6 is 34.7 Å². The summed E-state index contributed by atoms with van der Waals surface area (Å²) < 4.78 is 1.49. The van der Waals surface area contributed by atoms with Crippen molar-refractivity contribution >= 4 is 62.2 Å². The molecule has 0 fully saturated rings. The van der Waals surface area contributed by atoms with Gasteiger partial charge in [-0.15, -0.1) is 17.9 Å². The molecule has 0 aliphatic rings. The van der Waals surface area contributed by atoms with Gasteiger partial charge in [0.05, 0.1) is 26.3 Å². The fourth-order valence-corrected chi connectivity index (χ4v) is 5.01. The van der Waals surface area contributed by atoms with Crippen LogP contribution in [0, 0.1) is 24.0 Å². The lowest BCUT2D eigenvalue weighted by molar-refractivity contribution is -0.384. The number of thioether (sulfide) groups is 1. The van der Waals surface area contributed by atoms with Gasteiger partial charge in [-0.1, -0.05) is 29.4 Å². The molecule has 1 atom stereocenters. The number of amides is 1. The summed E-state index contributed by atoms with van der Waals surface area (Å²) in [6, 6.07) is 3.81. The summed E-state index contributed by atoms with van der Waals surface area (Å²) in [6.45, 7) is 9.44. The van der Waals surface area contributed by atoms with E-state index in [1.54, 1.807) is 13.0 Å². The predicted molar refractivity (Wildman–Crippen MR) is 126 cm³/mol. The lowest BCUT2D eigenvalue weighted by atomic mass is 10.2. The second-order valence-electron chi connectivity index (χ2n) is 6.73. The molecule has 8 nitrogen and oxygen atoms in total. The number of carbonyl (C=O) groups excluding carboxylic acids is 1. The van der Waals surface area contributed by atoms with Gasteiger partial charge in [0.2, 0.25) is 5.91 Å². The molecule has 162 valence electrons. The van der Waals surface area contributed by atoms with Gasteiger partial charge in [-0.05, 0) is 32.4 Å². The lowest BCUT2D eigenvalue weighted by Gasteiger charge is -2.15. The molecule has 1 aromatic carbocycles. The number of nitrogens with zero attached hydrogens (tertiary/aromatic N) is 3. The molecule has 31 heavy (non-hydrogen) atoms. The minimum atomic E-state index is -0.655. The number of rotatable bonds is 7. The molecule has 0 spiro atoms. The number of fused-ring (bicyclic) bond motifs is 1. The van der Waals surface area contributed by atoms with E-state index in [1.807, 2.05) is 13.8 Å². The van der Waals surface area contributed by atoms with Crippen LogP contribution in [-0.4, -0.2) is 25.6 Å². The number of allylic oxidation sites excluding steroid dienone is 1. The lowest BCUT2D eigenvalue weighted by Crippen LogP contribution is -2.26. The topological polar surface area (TPSA) is 107 Å². The molecule has 2 heterocycles. The van der Waals surface area contributed by atoms with Crippen LogP contribution in [0.3, 0.4) is 0 Å². The van der Waals surface area contributed by atoms with E-state index < -0.39 is 16.1 Å². The Bertz CT molecular complexity index is 1270. The van der Waals surface area contributed by atoms with Gasteiger partial charge in [-0.3, -0.25) is 24.3 Å². The number of nitrogens with one attached hydrogen (secondary N) is 1. The second kappa shape index (κ2) is 9.21. The number of hydrogen-bond acceptors (Lipinski definition) is 7. The van der Waals surface area contributed by atoms with Crippen molar-refractivity contribution in [2.24, 2.45) is 0 Å². The maximum absolute atomic E-state index is 13.0. The maximum atomic E-state index is 13.0. The van der Waals surface area contributed by atoms with Crippen LogP contribution in [-0.2, 0) is 11.3 Å². The molecule has 1 unspecified atom stereocenters. The Morgan fingerprint density at radius 1 is 1.48 bits per heavy atom. The van der Waals surface area contributed by atoms with Crippen molar-refractivity contribution in [2.75, 3.05) is 5.32 Å². The summed E-state index contributed by atoms with van der Waals surface area (Å²) in [5, 5.41) is 14.1. The van der Waals surface area contributed by atoms with Gasteiger partial charge in [0.25, 0.3) is 11.2 Å². The van der Waals surface area contributed by atoms with Crippen molar-refractivity contribution in [1.29, 1.82) is 0 Å². The zero-order valence-electron chi connectivity index (χ0n) is 17.0. The Morgan fingerprint density at radius 2 is 2.19 bits per heavy atom. The van der Waals surface area contributed by atoms with Crippen molar-refractivity contribution in [2.45, 2.75) is 37.7 Å². The maximum Gasteiger partial charge on any atom is 0.271 e. The van der Waals surface area contributed by atoms with E-state index in [9.17, 15) is 19.7 Å². The summed E-state index contributed by atoms with van der Waals surface area (Å²) in [5.41, 5.74) is 0.682. The third-order valence-corrected chi connectivity index (χ3v) is 7.16. The van der Waals surface area contributed by atoms with Crippen LogP contribution in [0.5, 0.6) is 0 Å². The first-order chi connectivity index (χ1) is 14.6. The first kappa shape index (κ1) is 23.0. The van der Waals surface area contributed by atoms with Gasteiger partial charge in [0, 0.05) is 23.6 Å². The average molecular weight is 479 g/mol. The standard InChI is InChI=1S/C20H19ClN4O4S2/c1-5-8-24-19(27)16-10(2)11(3)30-18(16)23-20(24)31-12(4)17(26)22-15-9-13(25(28)29)6-7-14(15)21/h5-7,9,12H,1,8H2,2-4H3,(H,22,26). The van der Waals surface area contributed by atoms with Gasteiger partial charge in [-0.2, -0.15) is 0 Å². The number of aryl methyl sites for hydroxylation is 2. The molecule has 1 N–H and O–H groups in total. The van der Waals surface area contributed by atoms with E-state index in [0.717, 1.165) is 22.2 Å². The largest absolute Gasteiger partial charge is 0.324 e. The van der Waals surface area contributed by atoms with Crippen molar-refractivity contribution < 1.29 is 9.72 Å². The first-order valence-corrected chi connectivity index (χ1v) is 11.2. The number of aromatic nitrogens is 2. The van der Waals surface area contributed by atoms with E-state index in [-0.39, 0.29) is 28.5 Å². The van der Waals surface area contributed by atoms with Crippen LogP contribution < -0.4 is 10.9 Å². The number of thiophene rings is 1. The minimum absolute atomic E-state index is 0.143. The Balaban J connectivity index is 1.91. The van der Waals surface area contributed by atoms with Gasteiger partial charge in [-0.25, -0.2) is 4.98 Å². The molecule has 11 heteroatoms. The van der Waals surface area contributed by atoms with Gasteiger partial charge in [0.1, 0.15) is 4.83 Å². The molecule has 0 aliphatic carbocycles. The molecular weight excluding hydrogens is 460 g/mol. The summed E-state index contributed by atoms with van der Waals surface area (Å²) in [6.07, 6.45) is 1.60. The highest BCUT2D eigenvalue weighted by molar-refractivity contribution is 8.00. The molecule has 0 saturated carbocycles. The minimum Gasteiger partial charge on any atom is -0.324 e. The molecule has 3 rings (SSSR count). The number of benzene rings is 1. The Morgan fingerprint density at radius 3 is 2.84 bits per heavy atom. The highest BCUT2D eigenvalue weighted by Crippen LogP contribution is 2.31. The highest BCUT2D eigenvalue weighted by Gasteiger charge is 2.22. The Kier molecular flexibility index (Phi) is 6.83. The molecule has 0 radical (unpaired) electrons. The van der Waals surface area contributed by atoms with Crippen LogP contribution in [0.4, 0.5) is 11.4 Å². The average Bonchev–Trinajstić information content (AvgIpc) is 2.99. The summed E-state index contributed by atoms with van der Waals surface area (Å²) in [7, 11) is 0. The summed E-state index contributed by atoms with van der Waals surface area (Å²) >= 11 is 8.62. The van der Waals surface area contributed by atoms with E-state index >= 15 is 0 Å². The van der Waals surface area contributed by atoms with Crippen LogP contribution in [0.25, 0.3) is 10.2 Å². The first-order valence-electron chi connectivity index (χ1n) is 9.17. The molecule has 0 aliphatic heterocycles. The van der Waals surface area contributed by atoms with E-state index in [4.69, 9.17) is 11.6 Å². The van der Waals surface area contributed by atoms with Crippen molar-refractivity contribution in [3.05, 3.63) is 66.8 Å². The summed E-state index contributed by atoms with van der Waals surface area (Å²) in [5.74, 6) is -0.426. The second-order valence-corrected chi connectivity index (χ2v) is 9.65. The number of anilines is 1. The summed E-state index contributed by atoms with van der Waals surface area (Å²) in [4.78, 5) is 42.5. The third kappa shape index (κ3) is 4.65. The van der Waals surface area contributed by atoms with Crippen LogP contribution in [0.1, 0.15) is 17.4 Å². The molecule has 0 saturated heterocycles. The molecule has 3 aromatic rings. The number of non-ortho nitro benzene ring substituents is 1. The zero-order valence-corrected chi connectivity index (χ0v) is 19.4. The fourth-order valence-electron chi connectivity index (χ4n) is 2.86. The smallest absolute Gasteiger partial charge is 0.271 e. The number of hydrogen-bond donors (Lipinski definition) is 1. The van der Waals surface area contributed by atoms with E-state index in [2.05, 4.69) is 16.9 Å². The Hall–Kier alpha value is -2.69. The number of nitro groups is 1. The quantitative estimate of drug-likeness (QED) is 0.169. The zero-order chi connectivity index (χ0) is 22.9. The normalized spacial score (nSPS) is 12.0. The van der Waals surface area contributed by atoms with Crippen molar-refractivity contribution in [3.63, 3.8) is 0 Å². The SMILES string of the molecule is C=CCn1c(SC(C)C(=O)Nc2cc([N+](=O)[O-])ccc2Cl)nc2sc(C)c(C)c2c1=O. The van der Waals surface area contributed by atoms with Gasteiger partial charge in [0.15, 0.2) is 5.16 Å². The third-order valence-electron chi connectivity index (χ3n) is 4.64. The predicted octanol–water partition coefficient (Wildman–Crippen LogP) is 4.94. The number of halogens is 1. The van der Waals surface area contributed by atoms with Crippen LogP contribution in [0.2, 0.25) is 5.02 Å². The number of nitro benzene ring substituents is 1. The highest BCUT2D eigenvalue weighted by atomic mass is 35.5. The van der Waals surface area contributed by atoms with Gasteiger partial charge >= 0.3 is 0 Å². The van der Waals surface area contributed by atoms with E-state index in [1.165, 1.54) is 34.1 Å². The van der Waals surface area contributed by atoms with Gasteiger partial charge < -0.3 is 5.32 Å². The molecule has 1 amide bonds. The van der Waals surface area contributed by atoms with Crippen molar-refractivity contribution in [1.82, 2.24) is 9.55 Å². The van der Waals surface area contributed by atoms with Crippen molar-refractivity contribution in [3.8, 4) is 0 Å². The monoisotopic (exact) mass is 478 g/mol. The molecular formula is C20H19ClN4O4S2. The molecule has 0 bridgehead atoms.